The van der Waals surface area contributed by atoms with Crippen molar-refractivity contribution in [2.75, 3.05) is 26.3 Å². The Morgan fingerprint density at radius 3 is 1.86 bits per heavy atom. The second-order valence-electron chi connectivity index (χ2n) is 2.64. The van der Waals surface area contributed by atoms with E-state index in [0.29, 0.717) is 26.3 Å². The lowest BCUT2D eigenvalue weighted by atomic mass is 10.4. The molecule has 1 saturated heterocycles. The van der Waals surface area contributed by atoms with Crippen LogP contribution in [0.3, 0.4) is 0 Å². The average Bonchev–Trinajstić information content (AvgIpc) is 2.23. The number of primary amides is 1. The van der Waals surface area contributed by atoms with Gasteiger partial charge in [-0.25, -0.2) is 4.79 Å². The predicted molar refractivity (Wildman–Crippen MR) is 59.3 cm³/mol. The molecule has 0 aromatic carbocycles. The number of nitrogens with two attached hydrogens (primary N) is 1. The van der Waals surface area contributed by atoms with Crippen LogP contribution >= 0.6 is 0 Å². The summed E-state index contributed by atoms with van der Waals surface area (Å²) in [7, 11) is 0. The lowest BCUT2D eigenvalue weighted by molar-refractivity contribution is 0.0554. The highest BCUT2D eigenvalue weighted by Gasteiger charge is 2.12. The number of hydrogen-bond donors (Lipinski definition) is 1. The Morgan fingerprint density at radius 1 is 1.29 bits per heavy atom. The Labute approximate surface area is 87.4 Å². The molecule has 0 spiro atoms. The molecule has 1 rings (SSSR count). The number of morpholine rings is 1. The summed E-state index contributed by atoms with van der Waals surface area (Å²) in [5.74, 6) is 0. The Hall–Kier alpha value is -0.770. The van der Waals surface area contributed by atoms with Crippen LogP contribution in [0.2, 0.25) is 0 Å². The number of urea groups is 1. The Kier molecular flexibility index (Phi) is 13.7. The first kappa shape index (κ1) is 15.7. The van der Waals surface area contributed by atoms with Crippen molar-refractivity contribution in [1.82, 2.24) is 4.90 Å². The van der Waals surface area contributed by atoms with Crippen LogP contribution in [0.15, 0.2) is 0 Å². The summed E-state index contributed by atoms with van der Waals surface area (Å²) in [5, 5.41) is 0. The van der Waals surface area contributed by atoms with Crippen molar-refractivity contribution >= 4 is 6.03 Å². The number of nitrogens with zero attached hydrogens (tertiary/aromatic N) is 1. The van der Waals surface area contributed by atoms with Gasteiger partial charge in [0.1, 0.15) is 0 Å². The maximum absolute atomic E-state index is 10.4. The smallest absolute Gasteiger partial charge is 0.314 e. The van der Waals surface area contributed by atoms with Crippen LogP contribution in [0, 0.1) is 0 Å². The number of hydrogen-bond acceptors (Lipinski definition) is 2. The standard InChI is InChI=1S/C5H10N2O2.C3H8.C2H6/c6-5(8)7-1-3-9-4-2-7;1-3-2;1-2/h1-4H2,(H2,6,8);3H2,1-2H3;1-2H3. The first-order valence-corrected chi connectivity index (χ1v) is 5.34. The van der Waals surface area contributed by atoms with Gasteiger partial charge in [0.15, 0.2) is 0 Å². The molecular formula is C10H24N2O2. The summed E-state index contributed by atoms with van der Waals surface area (Å²) in [6.45, 7) is 10.7. The van der Waals surface area contributed by atoms with E-state index in [1.165, 1.54) is 6.42 Å². The fourth-order valence-electron chi connectivity index (χ4n) is 0.784. The van der Waals surface area contributed by atoms with Gasteiger partial charge < -0.3 is 15.4 Å². The van der Waals surface area contributed by atoms with Crippen molar-refractivity contribution in [3.05, 3.63) is 0 Å². The third-order valence-electron chi connectivity index (χ3n) is 1.32. The summed E-state index contributed by atoms with van der Waals surface area (Å²) in [6, 6.07) is -0.349. The zero-order valence-corrected chi connectivity index (χ0v) is 9.88. The molecular weight excluding hydrogens is 180 g/mol. The van der Waals surface area contributed by atoms with Crippen molar-refractivity contribution in [3.63, 3.8) is 0 Å². The van der Waals surface area contributed by atoms with E-state index in [1.807, 2.05) is 13.8 Å². The van der Waals surface area contributed by atoms with Crippen molar-refractivity contribution in [1.29, 1.82) is 0 Å². The van der Waals surface area contributed by atoms with E-state index in [1.54, 1.807) is 4.90 Å². The molecule has 0 aromatic heterocycles. The van der Waals surface area contributed by atoms with Crippen molar-refractivity contribution in [2.24, 2.45) is 5.73 Å². The number of amides is 2. The molecule has 1 aliphatic heterocycles. The highest BCUT2D eigenvalue weighted by Crippen LogP contribution is 1.94. The van der Waals surface area contributed by atoms with Crippen LogP contribution in [0.1, 0.15) is 34.1 Å². The SMILES string of the molecule is CC.CCC.NC(=O)N1CCOCC1. The van der Waals surface area contributed by atoms with Gasteiger partial charge in [0, 0.05) is 13.1 Å². The molecule has 4 nitrogen and oxygen atoms in total. The number of rotatable bonds is 0. The molecule has 0 bridgehead atoms. The molecule has 0 atom stereocenters. The minimum Gasteiger partial charge on any atom is -0.378 e. The summed E-state index contributed by atoms with van der Waals surface area (Å²) >= 11 is 0. The minimum absolute atomic E-state index is 0.349. The Bertz CT molecular complexity index is 123. The van der Waals surface area contributed by atoms with Crippen LogP contribution < -0.4 is 5.73 Å². The van der Waals surface area contributed by atoms with Gasteiger partial charge in [-0.2, -0.15) is 0 Å². The van der Waals surface area contributed by atoms with Crippen molar-refractivity contribution < 1.29 is 9.53 Å². The second kappa shape index (κ2) is 12.2. The molecule has 1 aliphatic rings. The van der Waals surface area contributed by atoms with E-state index in [4.69, 9.17) is 10.5 Å². The van der Waals surface area contributed by atoms with Gasteiger partial charge in [-0.3, -0.25) is 0 Å². The second-order valence-corrected chi connectivity index (χ2v) is 2.64. The zero-order chi connectivity index (χ0) is 11.4. The van der Waals surface area contributed by atoms with E-state index in [9.17, 15) is 4.79 Å². The third-order valence-corrected chi connectivity index (χ3v) is 1.32. The normalized spacial score (nSPS) is 14.4. The Morgan fingerprint density at radius 2 is 1.64 bits per heavy atom. The molecule has 1 fully saturated rings. The largest absolute Gasteiger partial charge is 0.378 e. The minimum atomic E-state index is -0.349. The maximum atomic E-state index is 10.4. The van der Waals surface area contributed by atoms with Gasteiger partial charge >= 0.3 is 6.03 Å². The molecule has 1 heterocycles. The summed E-state index contributed by atoms with van der Waals surface area (Å²) in [4.78, 5) is 12.0. The van der Waals surface area contributed by atoms with Crippen molar-refractivity contribution in [3.8, 4) is 0 Å². The van der Waals surface area contributed by atoms with Gasteiger partial charge in [-0.1, -0.05) is 34.1 Å². The average molecular weight is 204 g/mol. The quantitative estimate of drug-likeness (QED) is 0.654. The fraction of sp³-hybridized carbons (Fsp3) is 0.900. The maximum Gasteiger partial charge on any atom is 0.314 e. The van der Waals surface area contributed by atoms with Crippen LogP contribution in [0.5, 0.6) is 0 Å². The lowest BCUT2D eigenvalue weighted by Gasteiger charge is -2.24. The molecule has 2 amide bonds. The molecule has 0 radical (unpaired) electrons. The first-order chi connectivity index (χ1) is 6.72. The van der Waals surface area contributed by atoms with Crippen LogP contribution in [0.4, 0.5) is 4.79 Å². The number of ether oxygens (including phenoxy) is 1. The van der Waals surface area contributed by atoms with E-state index < -0.39 is 0 Å². The highest BCUT2D eigenvalue weighted by molar-refractivity contribution is 5.71. The van der Waals surface area contributed by atoms with E-state index >= 15 is 0 Å². The van der Waals surface area contributed by atoms with Gasteiger partial charge in [-0.15, -0.1) is 0 Å². The van der Waals surface area contributed by atoms with Crippen LogP contribution in [0.25, 0.3) is 0 Å². The molecule has 0 saturated carbocycles. The molecule has 0 aromatic rings. The topological polar surface area (TPSA) is 55.6 Å². The van der Waals surface area contributed by atoms with E-state index in [2.05, 4.69) is 13.8 Å². The predicted octanol–water partition coefficient (Wildman–Crippen LogP) is 1.84. The van der Waals surface area contributed by atoms with Crippen LogP contribution in [-0.4, -0.2) is 37.2 Å². The van der Waals surface area contributed by atoms with Gasteiger partial charge in [-0.05, 0) is 0 Å². The van der Waals surface area contributed by atoms with Gasteiger partial charge in [0.05, 0.1) is 13.2 Å². The first-order valence-electron chi connectivity index (χ1n) is 5.34. The Balaban J connectivity index is 0. The fourth-order valence-corrected chi connectivity index (χ4v) is 0.784. The molecule has 0 unspecified atom stereocenters. The molecule has 0 aliphatic carbocycles. The van der Waals surface area contributed by atoms with Crippen LogP contribution in [-0.2, 0) is 4.74 Å². The van der Waals surface area contributed by atoms with E-state index in [0.717, 1.165) is 0 Å². The molecule has 4 heteroatoms. The van der Waals surface area contributed by atoms with Gasteiger partial charge in [0.2, 0.25) is 0 Å². The van der Waals surface area contributed by atoms with Crippen molar-refractivity contribution in [2.45, 2.75) is 34.1 Å². The monoisotopic (exact) mass is 204 g/mol. The molecule has 86 valence electrons. The lowest BCUT2D eigenvalue weighted by Crippen LogP contribution is -2.43. The number of carbonyl (C=O) groups is 1. The summed E-state index contributed by atoms with van der Waals surface area (Å²) in [6.07, 6.45) is 1.25. The third kappa shape index (κ3) is 9.32. The summed E-state index contributed by atoms with van der Waals surface area (Å²) < 4.78 is 5.00. The molecule has 2 N–H and O–H groups in total. The summed E-state index contributed by atoms with van der Waals surface area (Å²) in [5.41, 5.74) is 5.00. The molecule has 14 heavy (non-hydrogen) atoms. The number of carbonyl (C=O) groups excluding carboxylic acids is 1. The highest BCUT2D eigenvalue weighted by atomic mass is 16.5. The van der Waals surface area contributed by atoms with E-state index in [-0.39, 0.29) is 6.03 Å². The zero-order valence-electron chi connectivity index (χ0n) is 9.88. The van der Waals surface area contributed by atoms with Gasteiger partial charge in [0.25, 0.3) is 0 Å².